The maximum atomic E-state index is 13.5. The monoisotopic (exact) mass is 568 g/mol. The fourth-order valence-electron chi connectivity index (χ4n) is 4.61. The number of ether oxygens (including phenoxy) is 2. The van der Waals surface area contributed by atoms with Crippen LogP contribution in [0.4, 0.5) is 10.7 Å². The average molecular weight is 570 g/mol. The lowest BCUT2D eigenvalue weighted by molar-refractivity contribution is 0.102. The number of nitrogens with one attached hydrogen (secondary N) is 1. The summed E-state index contributed by atoms with van der Waals surface area (Å²) < 4.78 is 12.0. The molecule has 1 amide bonds. The van der Waals surface area contributed by atoms with Gasteiger partial charge in [-0.1, -0.05) is 39.0 Å². The highest BCUT2D eigenvalue weighted by Crippen LogP contribution is 2.45. The van der Waals surface area contributed by atoms with Crippen LogP contribution in [-0.2, 0) is 12.8 Å². The minimum absolute atomic E-state index is 0.106. The fraction of sp³-hybridized carbons (Fsp3) is 0.379. The lowest BCUT2D eigenvalue weighted by atomic mass is 9.72. The topological polar surface area (TPSA) is 59.9 Å². The molecule has 1 aliphatic carbocycles. The average Bonchev–Trinajstić information content (AvgIpc) is 3.21. The molecule has 190 valence electrons. The van der Waals surface area contributed by atoms with E-state index >= 15 is 0 Å². The molecule has 1 aromatic heterocycles. The Morgan fingerprint density at radius 2 is 2.00 bits per heavy atom. The molecule has 0 radical (unpaired) electrons. The van der Waals surface area contributed by atoms with Gasteiger partial charge in [-0.15, -0.1) is 11.3 Å². The molecule has 3 aromatic rings. The highest BCUT2D eigenvalue weighted by molar-refractivity contribution is 9.10. The Morgan fingerprint density at radius 3 is 2.67 bits per heavy atom. The molecular weight excluding hydrogens is 536 g/mol. The standard InChI is InChI=1S/C29H33BrN2O3S/c1-6-35-23-15-18(14-22(30)26(23)34-5)17-31-28-25(27(33)32-20-10-8-7-9-11-20)21-13-12-19(29(2,3)4)16-24(21)36-28/h7-11,14-15,17,19H,6,12-13,16H2,1-5H3,(H,32,33)/t19-/m1/s1. The highest BCUT2D eigenvalue weighted by Gasteiger charge is 2.33. The van der Waals surface area contributed by atoms with Gasteiger partial charge in [0.25, 0.3) is 5.91 Å². The molecule has 36 heavy (non-hydrogen) atoms. The first-order chi connectivity index (χ1) is 17.2. The Morgan fingerprint density at radius 1 is 1.25 bits per heavy atom. The third-order valence-corrected chi connectivity index (χ3v) is 8.35. The molecule has 7 heteroatoms. The number of anilines is 1. The number of thiophene rings is 1. The molecule has 1 heterocycles. The quantitative estimate of drug-likeness (QED) is 0.293. The number of carbonyl (C=O) groups is 1. The van der Waals surface area contributed by atoms with Crippen LogP contribution in [-0.4, -0.2) is 25.8 Å². The van der Waals surface area contributed by atoms with Crippen molar-refractivity contribution in [1.29, 1.82) is 0 Å². The zero-order valence-corrected chi connectivity index (χ0v) is 23.9. The molecule has 0 saturated heterocycles. The Kier molecular flexibility index (Phi) is 8.20. The molecule has 0 aliphatic heterocycles. The molecule has 0 bridgehead atoms. The van der Waals surface area contributed by atoms with Crippen LogP contribution in [0, 0.1) is 11.3 Å². The first-order valence-corrected chi connectivity index (χ1v) is 13.9. The van der Waals surface area contributed by atoms with E-state index in [0.717, 1.165) is 45.6 Å². The second-order valence-electron chi connectivity index (χ2n) is 10.0. The van der Waals surface area contributed by atoms with Gasteiger partial charge in [0.2, 0.25) is 0 Å². The maximum Gasteiger partial charge on any atom is 0.259 e. The third-order valence-electron chi connectivity index (χ3n) is 6.60. The van der Waals surface area contributed by atoms with Crippen molar-refractivity contribution in [3.05, 3.63) is 68.5 Å². The molecule has 2 aromatic carbocycles. The number of methoxy groups -OCH3 is 1. The Hall–Kier alpha value is -2.64. The third kappa shape index (κ3) is 5.84. The molecule has 0 fully saturated rings. The van der Waals surface area contributed by atoms with Gasteiger partial charge in [0, 0.05) is 16.8 Å². The van der Waals surface area contributed by atoms with Crippen molar-refractivity contribution in [2.45, 2.75) is 47.0 Å². The number of benzene rings is 2. The summed E-state index contributed by atoms with van der Waals surface area (Å²) in [4.78, 5) is 19.6. The first-order valence-electron chi connectivity index (χ1n) is 12.3. The lowest BCUT2D eigenvalue weighted by Crippen LogP contribution is -2.27. The summed E-state index contributed by atoms with van der Waals surface area (Å²) in [7, 11) is 1.62. The molecule has 4 rings (SSSR count). The van der Waals surface area contributed by atoms with Gasteiger partial charge in [0.05, 0.1) is 23.8 Å². The Labute approximate surface area is 226 Å². The normalized spacial score (nSPS) is 15.6. The number of hydrogen-bond acceptors (Lipinski definition) is 5. The van der Waals surface area contributed by atoms with Gasteiger partial charge in [0.1, 0.15) is 5.00 Å². The van der Waals surface area contributed by atoms with Gasteiger partial charge in [-0.3, -0.25) is 4.79 Å². The fourth-order valence-corrected chi connectivity index (χ4v) is 6.50. The Balaban J connectivity index is 1.72. The van der Waals surface area contributed by atoms with E-state index in [1.165, 1.54) is 4.88 Å². The van der Waals surface area contributed by atoms with Gasteiger partial charge in [0.15, 0.2) is 11.5 Å². The van der Waals surface area contributed by atoms with Gasteiger partial charge < -0.3 is 14.8 Å². The summed E-state index contributed by atoms with van der Waals surface area (Å²) in [5, 5.41) is 3.82. The molecule has 0 saturated carbocycles. The number of para-hydroxylation sites is 1. The molecule has 5 nitrogen and oxygen atoms in total. The highest BCUT2D eigenvalue weighted by atomic mass is 79.9. The van der Waals surface area contributed by atoms with Crippen molar-refractivity contribution < 1.29 is 14.3 Å². The van der Waals surface area contributed by atoms with Crippen molar-refractivity contribution >= 4 is 50.1 Å². The molecule has 1 N–H and O–H groups in total. The van der Waals surface area contributed by atoms with Crippen LogP contribution in [0.2, 0.25) is 0 Å². The van der Waals surface area contributed by atoms with E-state index in [1.54, 1.807) is 24.7 Å². The van der Waals surface area contributed by atoms with Crippen molar-refractivity contribution in [3.63, 3.8) is 0 Å². The number of halogens is 1. The molecule has 1 atom stereocenters. The minimum Gasteiger partial charge on any atom is -0.492 e. The molecular formula is C29H33BrN2O3S. The van der Waals surface area contributed by atoms with Gasteiger partial charge in [-0.25, -0.2) is 4.99 Å². The number of aliphatic imine (C=N–C) groups is 1. The van der Waals surface area contributed by atoms with Crippen LogP contribution in [0.3, 0.4) is 0 Å². The summed E-state index contributed by atoms with van der Waals surface area (Å²) in [5.74, 6) is 1.77. The van der Waals surface area contributed by atoms with Crippen LogP contribution >= 0.6 is 27.3 Å². The van der Waals surface area contributed by atoms with Crippen molar-refractivity contribution in [2.75, 3.05) is 19.0 Å². The van der Waals surface area contributed by atoms with Gasteiger partial charge >= 0.3 is 0 Å². The number of rotatable bonds is 7. The summed E-state index contributed by atoms with van der Waals surface area (Å²) in [6.45, 7) is 9.37. The molecule has 0 spiro atoms. The SMILES string of the molecule is CCOc1cc(C=Nc2sc3c(c2C(=O)Nc2ccccc2)CC[C@@H](C(C)(C)C)C3)cc(Br)c1OC. The van der Waals surface area contributed by atoms with E-state index in [4.69, 9.17) is 14.5 Å². The van der Waals surface area contributed by atoms with Crippen LogP contribution in [0.5, 0.6) is 11.5 Å². The smallest absolute Gasteiger partial charge is 0.259 e. The summed E-state index contributed by atoms with van der Waals surface area (Å²) in [6, 6.07) is 13.4. The second-order valence-corrected chi connectivity index (χ2v) is 12.0. The van der Waals surface area contributed by atoms with Crippen LogP contribution in [0.25, 0.3) is 0 Å². The number of hydrogen-bond donors (Lipinski definition) is 1. The lowest BCUT2D eigenvalue weighted by Gasteiger charge is -2.33. The van der Waals surface area contributed by atoms with E-state index < -0.39 is 0 Å². The second kappa shape index (κ2) is 11.2. The largest absolute Gasteiger partial charge is 0.492 e. The van der Waals surface area contributed by atoms with E-state index in [9.17, 15) is 4.79 Å². The van der Waals surface area contributed by atoms with E-state index in [-0.39, 0.29) is 11.3 Å². The number of fused-ring (bicyclic) bond motifs is 1. The number of carbonyl (C=O) groups excluding carboxylic acids is 1. The van der Waals surface area contributed by atoms with Gasteiger partial charge in [-0.05, 0) is 88.8 Å². The summed E-state index contributed by atoms with van der Waals surface area (Å²) >= 11 is 5.21. The minimum atomic E-state index is -0.106. The molecule has 0 unspecified atom stereocenters. The van der Waals surface area contributed by atoms with Crippen LogP contribution in [0.15, 0.2) is 51.9 Å². The predicted octanol–water partition coefficient (Wildman–Crippen LogP) is 8.07. The number of amides is 1. The van der Waals surface area contributed by atoms with Crippen LogP contribution < -0.4 is 14.8 Å². The maximum absolute atomic E-state index is 13.5. The zero-order valence-electron chi connectivity index (χ0n) is 21.5. The summed E-state index contributed by atoms with van der Waals surface area (Å²) in [6.07, 6.45) is 4.74. The van der Waals surface area contributed by atoms with E-state index in [0.29, 0.717) is 29.6 Å². The zero-order chi connectivity index (χ0) is 25.9. The first kappa shape index (κ1) is 26.4. The summed E-state index contributed by atoms with van der Waals surface area (Å²) in [5.41, 5.74) is 3.70. The predicted molar refractivity (Wildman–Crippen MR) is 153 cm³/mol. The Bertz CT molecular complexity index is 1260. The van der Waals surface area contributed by atoms with Crippen molar-refractivity contribution in [2.24, 2.45) is 16.3 Å². The van der Waals surface area contributed by atoms with E-state index in [2.05, 4.69) is 42.0 Å². The molecule has 1 aliphatic rings. The van der Waals surface area contributed by atoms with Crippen molar-refractivity contribution in [3.8, 4) is 11.5 Å². The van der Waals surface area contributed by atoms with Gasteiger partial charge in [-0.2, -0.15) is 0 Å². The number of nitrogens with zero attached hydrogens (tertiary/aromatic N) is 1. The van der Waals surface area contributed by atoms with Crippen molar-refractivity contribution in [1.82, 2.24) is 0 Å². The van der Waals surface area contributed by atoms with E-state index in [1.807, 2.05) is 49.4 Å². The van der Waals surface area contributed by atoms with Crippen LogP contribution in [0.1, 0.15) is 60.5 Å².